The largest absolute Gasteiger partial charge is 0.456 e. The highest BCUT2D eigenvalue weighted by atomic mass is 32.2. The first-order valence-electron chi connectivity index (χ1n) is 10.9. The lowest BCUT2D eigenvalue weighted by Gasteiger charge is -2.27. The molecule has 178 valence electrons. The number of nitrogens with zero attached hydrogens (tertiary/aromatic N) is 3. The lowest BCUT2D eigenvalue weighted by Crippen LogP contribution is -2.41. The number of morpholine rings is 1. The van der Waals surface area contributed by atoms with Crippen molar-refractivity contribution in [1.29, 1.82) is 0 Å². The van der Waals surface area contributed by atoms with E-state index in [1.807, 2.05) is 29.2 Å². The number of rotatable bonds is 6. The fourth-order valence-electron chi connectivity index (χ4n) is 3.88. The lowest BCUT2D eigenvalue weighted by atomic mass is 10.2. The van der Waals surface area contributed by atoms with Gasteiger partial charge in [0.15, 0.2) is 14.9 Å². The number of carbonyl (C=O) groups excluding carboxylic acids is 1. The number of thioether (sulfide) groups is 1. The highest BCUT2D eigenvalue weighted by molar-refractivity contribution is 8.15. The molecule has 0 spiro atoms. The minimum atomic E-state index is -3.35. The third-order valence-corrected chi connectivity index (χ3v) is 7.85. The van der Waals surface area contributed by atoms with Gasteiger partial charge in [-0.05, 0) is 36.4 Å². The van der Waals surface area contributed by atoms with Crippen LogP contribution in [0.4, 0.5) is 0 Å². The van der Waals surface area contributed by atoms with Gasteiger partial charge in [-0.1, -0.05) is 11.8 Å². The molecule has 1 amide bonds. The quantitative estimate of drug-likeness (QED) is 0.554. The van der Waals surface area contributed by atoms with Crippen LogP contribution in [0.25, 0.3) is 10.9 Å². The number of aliphatic imine (C=N–C) groups is 1. The number of H-pyrrole nitrogens is 1. The molecule has 0 bridgehead atoms. The summed E-state index contributed by atoms with van der Waals surface area (Å²) in [6.45, 7) is 3.15. The number of hydrogen-bond acceptors (Lipinski definition) is 8. The van der Waals surface area contributed by atoms with Crippen LogP contribution in [0, 0.1) is 0 Å². The van der Waals surface area contributed by atoms with E-state index in [1.165, 1.54) is 12.3 Å². The van der Waals surface area contributed by atoms with E-state index in [0.717, 1.165) is 27.9 Å². The van der Waals surface area contributed by atoms with E-state index in [1.54, 1.807) is 17.8 Å². The van der Waals surface area contributed by atoms with Crippen LogP contribution < -0.4 is 4.74 Å². The summed E-state index contributed by atoms with van der Waals surface area (Å²) in [6, 6.07) is 10.7. The number of fused-ring (bicyclic) bond motifs is 1. The third-order valence-electron chi connectivity index (χ3n) is 5.63. The first-order chi connectivity index (χ1) is 16.3. The zero-order valence-electron chi connectivity index (χ0n) is 18.6. The third kappa shape index (κ3) is 5.11. The Labute approximate surface area is 201 Å². The van der Waals surface area contributed by atoms with Gasteiger partial charge < -0.3 is 19.4 Å². The van der Waals surface area contributed by atoms with Gasteiger partial charge in [-0.25, -0.2) is 13.4 Å². The Morgan fingerprint density at radius 1 is 1.21 bits per heavy atom. The van der Waals surface area contributed by atoms with E-state index in [4.69, 9.17) is 9.47 Å². The number of amides is 1. The highest BCUT2D eigenvalue weighted by Gasteiger charge is 2.27. The van der Waals surface area contributed by atoms with Gasteiger partial charge in [-0.2, -0.15) is 0 Å². The van der Waals surface area contributed by atoms with Crippen LogP contribution in [0.5, 0.6) is 11.5 Å². The van der Waals surface area contributed by atoms with Crippen LogP contribution in [-0.4, -0.2) is 78.6 Å². The molecule has 4 heterocycles. The van der Waals surface area contributed by atoms with Gasteiger partial charge in [0, 0.05) is 41.9 Å². The average molecular weight is 501 g/mol. The SMILES string of the molecule is CS(=O)(=O)c1ccc(Oc2ccc3[nH]c(C4=NCC(CC(=O)N5CCOCC5)S4)cc3c2)cn1. The van der Waals surface area contributed by atoms with Gasteiger partial charge in [0.25, 0.3) is 0 Å². The van der Waals surface area contributed by atoms with Crippen molar-refractivity contribution < 1.29 is 22.7 Å². The van der Waals surface area contributed by atoms with Crippen LogP contribution >= 0.6 is 11.8 Å². The molecule has 1 atom stereocenters. The molecule has 9 nitrogen and oxygen atoms in total. The van der Waals surface area contributed by atoms with Crippen molar-refractivity contribution in [3.8, 4) is 11.5 Å². The number of hydrogen-bond donors (Lipinski definition) is 1. The van der Waals surface area contributed by atoms with E-state index < -0.39 is 9.84 Å². The fourth-order valence-corrected chi connectivity index (χ4v) is 5.52. The summed E-state index contributed by atoms with van der Waals surface area (Å²) in [5.41, 5.74) is 1.86. The molecule has 1 fully saturated rings. The molecule has 0 saturated carbocycles. The standard InChI is InChI=1S/C23H24N4O5S2/c1-34(29,30)21-5-3-17(13-24-21)32-16-2-4-19-15(10-16)11-20(26-19)23-25-14-18(33-23)12-22(28)27-6-8-31-9-7-27/h2-5,10-11,13,18,26H,6-9,12,14H2,1H3. The molecule has 2 aromatic heterocycles. The highest BCUT2D eigenvalue weighted by Crippen LogP contribution is 2.31. The predicted octanol–water partition coefficient (Wildman–Crippen LogP) is 2.87. The number of carbonyl (C=O) groups is 1. The number of pyridine rings is 1. The van der Waals surface area contributed by atoms with Gasteiger partial charge in [0.05, 0.1) is 31.6 Å². The molecule has 1 unspecified atom stereocenters. The van der Waals surface area contributed by atoms with E-state index >= 15 is 0 Å². The molecule has 5 rings (SSSR count). The summed E-state index contributed by atoms with van der Waals surface area (Å²) >= 11 is 1.63. The summed E-state index contributed by atoms with van der Waals surface area (Å²) < 4.78 is 34.3. The van der Waals surface area contributed by atoms with Gasteiger partial charge in [0.1, 0.15) is 16.5 Å². The molecule has 0 radical (unpaired) electrons. The average Bonchev–Trinajstić information content (AvgIpc) is 3.46. The van der Waals surface area contributed by atoms with E-state index in [9.17, 15) is 13.2 Å². The van der Waals surface area contributed by atoms with Crippen LogP contribution in [0.1, 0.15) is 12.1 Å². The van der Waals surface area contributed by atoms with Crippen LogP contribution in [-0.2, 0) is 19.4 Å². The Balaban J connectivity index is 1.24. The van der Waals surface area contributed by atoms with Gasteiger partial charge >= 0.3 is 0 Å². The Morgan fingerprint density at radius 3 is 2.74 bits per heavy atom. The second kappa shape index (κ2) is 9.40. The topological polar surface area (TPSA) is 114 Å². The maximum Gasteiger partial charge on any atom is 0.223 e. The summed E-state index contributed by atoms with van der Waals surface area (Å²) in [7, 11) is -3.35. The molecule has 1 N–H and O–H groups in total. The second-order valence-corrected chi connectivity index (χ2v) is 11.5. The molecule has 0 aliphatic carbocycles. The summed E-state index contributed by atoms with van der Waals surface area (Å²) in [4.78, 5) is 26.4. The van der Waals surface area contributed by atoms with Gasteiger partial charge in [0.2, 0.25) is 5.91 Å². The number of ether oxygens (including phenoxy) is 2. The Bertz CT molecular complexity index is 1350. The van der Waals surface area contributed by atoms with Crippen molar-refractivity contribution in [2.75, 3.05) is 39.1 Å². The summed E-state index contributed by atoms with van der Waals surface area (Å²) in [5.74, 6) is 1.22. The van der Waals surface area contributed by atoms with E-state index in [-0.39, 0.29) is 16.2 Å². The molecule has 34 heavy (non-hydrogen) atoms. The molecular formula is C23H24N4O5S2. The number of sulfone groups is 1. The van der Waals surface area contributed by atoms with Gasteiger partial charge in [-0.15, -0.1) is 0 Å². The van der Waals surface area contributed by atoms with Crippen molar-refractivity contribution in [1.82, 2.24) is 14.9 Å². The molecular weight excluding hydrogens is 476 g/mol. The molecule has 11 heteroatoms. The second-order valence-electron chi connectivity index (χ2n) is 8.22. The summed E-state index contributed by atoms with van der Waals surface area (Å²) in [6.07, 6.45) is 2.98. The predicted molar refractivity (Wildman–Crippen MR) is 131 cm³/mol. The van der Waals surface area contributed by atoms with Crippen molar-refractivity contribution in [2.45, 2.75) is 16.7 Å². The number of nitrogens with one attached hydrogen (secondary N) is 1. The van der Waals surface area contributed by atoms with Crippen LogP contribution in [0.2, 0.25) is 0 Å². The minimum absolute atomic E-state index is 0.00497. The molecule has 1 aromatic carbocycles. The number of aromatic amines is 1. The molecule has 2 aliphatic rings. The summed E-state index contributed by atoms with van der Waals surface area (Å²) in [5, 5.41) is 2.01. The zero-order valence-corrected chi connectivity index (χ0v) is 20.2. The monoisotopic (exact) mass is 500 g/mol. The van der Waals surface area contributed by atoms with E-state index in [2.05, 4.69) is 15.0 Å². The van der Waals surface area contributed by atoms with Crippen LogP contribution in [0.15, 0.2) is 52.6 Å². The molecule has 1 saturated heterocycles. The maximum atomic E-state index is 12.5. The smallest absolute Gasteiger partial charge is 0.223 e. The lowest BCUT2D eigenvalue weighted by molar-refractivity contribution is -0.135. The van der Waals surface area contributed by atoms with Crippen LogP contribution in [0.3, 0.4) is 0 Å². The minimum Gasteiger partial charge on any atom is -0.456 e. The molecule has 2 aliphatic heterocycles. The Hall–Kier alpha value is -2.89. The first kappa shape index (κ1) is 22.9. The number of benzene rings is 1. The van der Waals surface area contributed by atoms with Crippen molar-refractivity contribution in [2.24, 2.45) is 4.99 Å². The normalized spacial score (nSPS) is 18.8. The zero-order chi connectivity index (χ0) is 23.7. The number of aromatic nitrogens is 2. The van der Waals surface area contributed by atoms with Crippen molar-refractivity contribution in [3.63, 3.8) is 0 Å². The molecule has 3 aromatic rings. The Kier molecular flexibility index (Phi) is 6.32. The van der Waals surface area contributed by atoms with Crippen molar-refractivity contribution in [3.05, 3.63) is 48.3 Å². The first-order valence-corrected chi connectivity index (χ1v) is 13.7. The fraction of sp³-hybridized carbons (Fsp3) is 0.348. The van der Waals surface area contributed by atoms with E-state index in [0.29, 0.717) is 50.8 Å². The van der Waals surface area contributed by atoms with Crippen molar-refractivity contribution >= 4 is 43.5 Å². The maximum absolute atomic E-state index is 12.5. The van der Waals surface area contributed by atoms with Gasteiger partial charge in [-0.3, -0.25) is 9.79 Å². The Morgan fingerprint density at radius 2 is 2.00 bits per heavy atom.